The summed E-state index contributed by atoms with van der Waals surface area (Å²) in [5.74, 6) is 0.624. The van der Waals surface area contributed by atoms with E-state index in [0.717, 1.165) is 5.56 Å². The monoisotopic (exact) mass is 282 g/mol. The van der Waals surface area contributed by atoms with Crippen LogP contribution in [0, 0.1) is 0 Å². The van der Waals surface area contributed by atoms with Gasteiger partial charge in [0.25, 0.3) is 0 Å². The molecule has 1 N–H and O–H groups in total. The molecule has 0 aliphatic heterocycles. The van der Waals surface area contributed by atoms with Gasteiger partial charge in [-0.05, 0) is 5.56 Å². The van der Waals surface area contributed by atoms with Gasteiger partial charge >= 0.3 is 0 Å². The van der Waals surface area contributed by atoms with Crippen molar-refractivity contribution in [1.82, 2.24) is 20.2 Å². The summed E-state index contributed by atoms with van der Waals surface area (Å²) in [6.07, 6.45) is 3.32. The third-order valence-electron chi connectivity index (χ3n) is 3.04. The maximum absolute atomic E-state index is 11.5. The van der Waals surface area contributed by atoms with E-state index in [1.807, 2.05) is 30.3 Å². The Balaban J connectivity index is 1.59. The summed E-state index contributed by atoms with van der Waals surface area (Å²) in [6.45, 7) is 1.08. The molecule has 0 spiro atoms. The Labute approximate surface area is 120 Å². The smallest absolute Gasteiger partial charge is 0.211 e. The molecule has 0 fully saturated rings. The SMILES string of the molecule is O=c1cn[nH]c2nc(CCOCc3ccccc3)ncc12. The summed E-state index contributed by atoms with van der Waals surface area (Å²) < 4.78 is 5.59. The van der Waals surface area contributed by atoms with Crippen molar-refractivity contribution in [3.8, 4) is 0 Å². The third-order valence-corrected chi connectivity index (χ3v) is 3.04. The number of H-pyrrole nitrogens is 1. The van der Waals surface area contributed by atoms with Crippen LogP contribution in [0.15, 0.2) is 47.5 Å². The molecule has 0 saturated carbocycles. The standard InChI is InChI=1S/C15H14N4O2/c20-13-9-17-19-15-12(13)8-16-14(18-15)6-7-21-10-11-4-2-1-3-5-11/h1-5,8-9H,6-7,10H2,(H,16,18,19,20). The molecule has 0 saturated heterocycles. The zero-order chi connectivity index (χ0) is 14.5. The van der Waals surface area contributed by atoms with Crippen LogP contribution < -0.4 is 5.43 Å². The summed E-state index contributed by atoms with van der Waals surface area (Å²) >= 11 is 0. The molecule has 6 nitrogen and oxygen atoms in total. The molecule has 3 aromatic rings. The maximum Gasteiger partial charge on any atom is 0.211 e. The van der Waals surface area contributed by atoms with E-state index in [2.05, 4.69) is 20.2 Å². The molecular formula is C15H14N4O2. The Kier molecular flexibility index (Phi) is 3.97. The van der Waals surface area contributed by atoms with E-state index in [1.165, 1.54) is 12.4 Å². The quantitative estimate of drug-likeness (QED) is 0.717. The van der Waals surface area contributed by atoms with Crippen molar-refractivity contribution in [2.45, 2.75) is 13.0 Å². The van der Waals surface area contributed by atoms with Crippen molar-refractivity contribution in [2.75, 3.05) is 6.61 Å². The summed E-state index contributed by atoms with van der Waals surface area (Å²) in [5, 5.41) is 6.88. The highest BCUT2D eigenvalue weighted by molar-refractivity contribution is 5.71. The molecule has 106 valence electrons. The van der Waals surface area contributed by atoms with Crippen molar-refractivity contribution in [1.29, 1.82) is 0 Å². The van der Waals surface area contributed by atoms with Gasteiger partial charge in [0.1, 0.15) is 5.82 Å². The van der Waals surface area contributed by atoms with Gasteiger partial charge < -0.3 is 4.74 Å². The fourth-order valence-corrected chi connectivity index (χ4v) is 1.95. The number of aromatic nitrogens is 4. The Bertz CT molecular complexity index is 786. The number of fused-ring (bicyclic) bond motifs is 1. The lowest BCUT2D eigenvalue weighted by Crippen LogP contribution is -2.08. The normalized spacial score (nSPS) is 10.9. The van der Waals surface area contributed by atoms with E-state index in [4.69, 9.17) is 4.74 Å². The zero-order valence-corrected chi connectivity index (χ0v) is 11.3. The van der Waals surface area contributed by atoms with Crippen LogP contribution in [0.25, 0.3) is 11.0 Å². The van der Waals surface area contributed by atoms with E-state index in [-0.39, 0.29) is 5.43 Å². The predicted octanol–water partition coefficient (Wildman–Crippen LogP) is 1.47. The van der Waals surface area contributed by atoms with E-state index < -0.39 is 0 Å². The zero-order valence-electron chi connectivity index (χ0n) is 11.3. The number of hydrogen-bond donors (Lipinski definition) is 1. The van der Waals surface area contributed by atoms with E-state index >= 15 is 0 Å². The largest absolute Gasteiger partial charge is 0.376 e. The number of nitrogens with zero attached hydrogens (tertiary/aromatic N) is 3. The molecule has 3 rings (SSSR count). The van der Waals surface area contributed by atoms with Gasteiger partial charge in [0, 0.05) is 12.6 Å². The Morgan fingerprint density at radius 3 is 2.86 bits per heavy atom. The molecule has 6 heteroatoms. The number of ether oxygens (including phenoxy) is 1. The van der Waals surface area contributed by atoms with E-state index in [1.54, 1.807) is 0 Å². The molecule has 1 aromatic carbocycles. The van der Waals surface area contributed by atoms with Crippen molar-refractivity contribution in [3.05, 3.63) is 64.3 Å². The van der Waals surface area contributed by atoms with Gasteiger partial charge in [-0.25, -0.2) is 9.97 Å². The molecular weight excluding hydrogens is 268 g/mol. The minimum atomic E-state index is -0.185. The van der Waals surface area contributed by atoms with Crippen molar-refractivity contribution >= 4 is 11.0 Å². The Morgan fingerprint density at radius 2 is 2.00 bits per heavy atom. The van der Waals surface area contributed by atoms with Gasteiger partial charge in [-0.1, -0.05) is 30.3 Å². The van der Waals surface area contributed by atoms with Crippen LogP contribution >= 0.6 is 0 Å². The molecule has 0 aliphatic carbocycles. The Morgan fingerprint density at radius 1 is 1.14 bits per heavy atom. The second-order valence-corrected chi connectivity index (χ2v) is 4.57. The van der Waals surface area contributed by atoms with Crippen molar-refractivity contribution in [2.24, 2.45) is 0 Å². The fraction of sp³-hybridized carbons (Fsp3) is 0.200. The van der Waals surface area contributed by atoms with Gasteiger partial charge in [-0.3, -0.25) is 9.89 Å². The van der Waals surface area contributed by atoms with Gasteiger partial charge in [-0.15, -0.1) is 0 Å². The first-order chi connectivity index (χ1) is 10.3. The minimum absolute atomic E-state index is 0.185. The summed E-state index contributed by atoms with van der Waals surface area (Å²) in [5.41, 5.74) is 1.40. The van der Waals surface area contributed by atoms with E-state index in [0.29, 0.717) is 36.5 Å². The van der Waals surface area contributed by atoms with Crippen LogP contribution in [0.2, 0.25) is 0 Å². The van der Waals surface area contributed by atoms with Gasteiger partial charge in [-0.2, -0.15) is 5.10 Å². The number of nitrogens with one attached hydrogen (secondary N) is 1. The highest BCUT2D eigenvalue weighted by Gasteiger charge is 2.03. The van der Waals surface area contributed by atoms with Gasteiger partial charge in [0.15, 0.2) is 5.65 Å². The number of rotatable bonds is 5. The van der Waals surface area contributed by atoms with Crippen LogP contribution in [0.3, 0.4) is 0 Å². The molecule has 0 bridgehead atoms. The topological polar surface area (TPSA) is 80.8 Å². The van der Waals surface area contributed by atoms with E-state index in [9.17, 15) is 4.79 Å². The number of hydrogen-bond acceptors (Lipinski definition) is 5. The van der Waals surface area contributed by atoms with Crippen molar-refractivity contribution in [3.63, 3.8) is 0 Å². The number of benzene rings is 1. The summed E-state index contributed by atoms with van der Waals surface area (Å²) in [4.78, 5) is 20.0. The van der Waals surface area contributed by atoms with Crippen LogP contribution in [0.4, 0.5) is 0 Å². The van der Waals surface area contributed by atoms with Gasteiger partial charge in [0.2, 0.25) is 5.43 Å². The molecule has 2 aromatic heterocycles. The lowest BCUT2D eigenvalue weighted by atomic mass is 10.2. The second kappa shape index (κ2) is 6.23. The van der Waals surface area contributed by atoms with Crippen LogP contribution in [-0.4, -0.2) is 26.8 Å². The Hall–Kier alpha value is -2.60. The maximum atomic E-state index is 11.5. The third kappa shape index (κ3) is 3.29. The predicted molar refractivity (Wildman–Crippen MR) is 77.8 cm³/mol. The summed E-state index contributed by atoms with van der Waals surface area (Å²) in [6, 6.07) is 9.97. The average Bonchev–Trinajstić information content (AvgIpc) is 2.53. The van der Waals surface area contributed by atoms with Crippen molar-refractivity contribution < 1.29 is 4.74 Å². The highest BCUT2D eigenvalue weighted by Crippen LogP contribution is 2.03. The number of aromatic amines is 1. The van der Waals surface area contributed by atoms with Gasteiger partial charge in [0.05, 0.1) is 24.8 Å². The molecule has 0 radical (unpaired) electrons. The molecule has 0 atom stereocenters. The molecule has 0 amide bonds. The van der Waals surface area contributed by atoms with Crippen LogP contribution in [0.5, 0.6) is 0 Å². The summed E-state index contributed by atoms with van der Waals surface area (Å²) in [7, 11) is 0. The van der Waals surface area contributed by atoms with Crippen LogP contribution in [0.1, 0.15) is 11.4 Å². The highest BCUT2D eigenvalue weighted by atomic mass is 16.5. The van der Waals surface area contributed by atoms with Crippen LogP contribution in [-0.2, 0) is 17.8 Å². The molecule has 0 unspecified atom stereocenters. The second-order valence-electron chi connectivity index (χ2n) is 4.57. The first-order valence-corrected chi connectivity index (χ1v) is 6.64. The fourth-order valence-electron chi connectivity index (χ4n) is 1.95. The average molecular weight is 282 g/mol. The molecule has 2 heterocycles. The lowest BCUT2D eigenvalue weighted by molar-refractivity contribution is 0.122. The minimum Gasteiger partial charge on any atom is -0.376 e. The first-order valence-electron chi connectivity index (χ1n) is 6.64. The molecule has 0 aliphatic rings. The first kappa shape index (κ1) is 13.4. The lowest BCUT2D eigenvalue weighted by Gasteiger charge is -2.04. The molecule has 21 heavy (non-hydrogen) atoms.